The maximum Gasteiger partial charge on any atom is 0.253 e. The van der Waals surface area contributed by atoms with Gasteiger partial charge in [0.05, 0.1) is 22.9 Å². The van der Waals surface area contributed by atoms with Crippen molar-refractivity contribution in [1.82, 2.24) is 20.2 Å². The molecule has 34 heavy (non-hydrogen) atoms. The van der Waals surface area contributed by atoms with Crippen LogP contribution in [-0.4, -0.2) is 63.3 Å². The summed E-state index contributed by atoms with van der Waals surface area (Å²) in [4.78, 5) is 21.8. The summed E-state index contributed by atoms with van der Waals surface area (Å²) in [7, 11) is 0. The number of aromatic nitrogens is 2. The Morgan fingerprint density at radius 1 is 1.24 bits per heavy atom. The minimum Gasteiger partial charge on any atom is -0.494 e. The van der Waals surface area contributed by atoms with Crippen molar-refractivity contribution >= 4 is 34.0 Å². The van der Waals surface area contributed by atoms with E-state index in [1.807, 2.05) is 19.1 Å². The molecule has 1 fully saturated rings. The van der Waals surface area contributed by atoms with Crippen molar-refractivity contribution in [2.75, 3.05) is 26.2 Å². The number of likely N-dealkylation sites (tertiary alicyclic amines) is 1. The smallest absolute Gasteiger partial charge is 0.253 e. The van der Waals surface area contributed by atoms with Crippen LogP contribution in [-0.2, 0) is 6.42 Å². The van der Waals surface area contributed by atoms with Gasteiger partial charge in [-0.2, -0.15) is 0 Å². The number of carbonyl (C=O) groups is 1. The molecule has 3 heterocycles. The van der Waals surface area contributed by atoms with Gasteiger partial charge in [-0.05, 0) is 69.5 Å². The van der Waals surface area contributed by atoms with E-state index in [1.165, 1.54) is 19.3 Å². The van der Waals surface area contributed by atoms with Gasteiger partial charge in [-0.15, -0.1) is 0 Å². The van der Waals surface area contributed by atoms with Gasteiger partial charge in [-0.3, -0.25) is 4.79 Å². The molecule has 0 bridgehead atoms. The third kappa shape index (κ3) is 4.35. The fourth-order valence-corrected chi connectivity index (χ4v) is 5.55. The molecule has 2 aliphatic rings. The highest BCUT2D eigenvalue weighted by Gasteiger charge is 2.28. The van der Waals surface area contributed by atoms with Gasteiger partial charge in [0, 0.05) is 40.3 Å². The number of rotatable bonds is 6. The fourth-order valence-electron chi connectivity index (χ4n) is 5.38. The molecular formula is C26H31ClN4O3. The van der Waals surface area contributed by atoms with Crippen LogP contribution in [0.3, 0.4) is 0 Å². The number of β-amino-alcohol motifs (C(OH)–C–C–N with tert-alkyl or cyclic N) is 1. The maximum atomic E-state index is 13.2. The highest BCUT2D eigenvalue weighted by atomic mass is 35.5. The number of aliphatic hydroxyl groups excluding tert-OH is 1. The van der Waals surface area contributed by atoms with E-state index in [2.05, 4.69) is 26.3 Å². The lowest BCUT2D eigenvalue weighted by Gasteiger charge is -2.28. The first-order chi connectivity index (χ1) is 16.4. The second kappa shape index (κ2) is 9.49. The van der Waals surface area contributed by atoms with Crippen molar-refractivity contribution in [3.63, 3.8) is 0 Å². The molecule has 5 rings (SSSR count). The fraction of sp³-hybridized carbons (Fsp3) is 0.423. The van der Waals surface area contributed by atoms with Crippen molar-refractivity contribution in [2.24, 2.45) is 0 Å². The Hall–Kier alpha value is -2.74. The third-order valence-electron chi connectivity index (χ3n) is 6.96. The van der Waals surface area contributed by atoms with Crippen LogP contribution in [0.15, 0.2) is 24.3 Å². The minimum absolute atomic E-state index is 0.0791. The molecule has 1 amide bonds. The Kier molecular flexibility index (Phi) is 6.42. The normalized spacial score (nSPS) is 17.4. The first-order valence-electron chi connectivity index (χ1n) is 12.0. The third-order valence-corrected chi connectivity index (χ3v) is 7.19. The van der Waals surface area contributed by atoms with Gasteiger partial charge >= 0.3 is 0 Å². The van der Waals surface area contributed by atoms with Crippen molar-refractivity contribution < 1.29 is 15.0 Å². The van der Waals surface area contributed by atoms with Crippen LogP contribution in [0.5, 0.6) is 5.88 Å². The zero-order valence-electron chi connectivity index (χ0n) is 19.4. The number of aromatic amines is 2. The lowest BCUT2D eigenvalue weighted by Crippen LogP contribution is -2.42. The molecular weight excluding hydrogens is 452 g/mol. The number of nitrogens with one attached hydrogen (secondary N) is 3. The maximum absolute atomic E-state index is 13.2. The second-order valence-electron chi connectivity index (χ2n) is 9.40. The molecule has 1 atom stereocenters. The summed E-state index contributed by atoms with van der Waals surface area (Å²) in [5.41, 5.74) is 5.53. The summed E-state index contributed by atoms with van der Waals surface area (Å²) < 4.78 is 0. The number of halogens is 1. The molecule has 1 aromatic carbocycles. The summed E-state index contributed by atoms with van der Waals surface area (Å²) in [6, 6.07) is 5.47. The van der Waals surface area contributed by atoms with Crippen LogP contribution < -0.4 is 5.32 Å². The van der Waals surface area contributed by atoms with Gasteiger partial charge in [0.2, 0.25) is 0 Å². The number of hydrogen-bond acceptors (Lipinski definition) is 4. The molecule has 2 aromatic heterocycles. The van der Waals surface area contributed by atoms with E-state index in [-0.39, 0.29) is 18.3 Å². The first-order valence-corrected chi connectivity index (χ1v) is 12.4. The Morgan fingerprint density at radius 3 is 2.82 bits per heavy atom. The van der Waals surface area contributed by atoms with Crippen LogP contribution in [0.2, 0.25) is 5.02 Å². The summed E-state index contributed by atoms with van der Waals surface area (Å²) in [5, 5.41) is 25.5. The van der Waals surface area contributed by atoms with Gasteiger partial charge in [0.15, 0.2) is 5.88 Å². The number of piperidine rings is 1. The Morgan fingerprint density at radius 2 is 2.03 bits per heavy atom. The SMILES string of the molecule is Cc1[nH]c2c(c1C(=O)NCC(O)CN1CCCCC1)CCC=C2c1c(O)[nH]c2ccc(Cl)cc12. The topological polar surface area (TPSA) is 104 Å². The van der Waals surface area contributed by atoms with Gasteiger partial charge in [-0.1, -0.05) is 24.1 Å². The minimum atomic E-state index is -0.597. The molecule has 1 aliphatic carbocycles. The van der Waals surface area contributed by atoms with Crippen LogP contribution in [0, 0.1) is 6.92 Å². The number of hydrogen-bond donors (Lipinski definition) is 5. The Balaban J connectivity index is 1.37. The summed E-state index contributed by atoms with van der Waals surface area (Å²) in [6.07, 6.45) is 6.56. The molecule has 7 nitrogen and oxygen atoms in total. The molecule has 1 aliphatic heterocycles. The molecule has 1 unspecified atom stereocenters. The van der Waals surface area contributed by atoms with E-state index in [0.29, 0.717) is 22.7 Å². The lowest BCUT2D eigenvalue weighted by molar-refractivity contribution is 0.0830. The zero-order chi connectivity index (χ0) is 23.8. The van der Waals surface area contributed by atoms with Crippen molar-refractivity contribution in [2.45, 2.75) is 45.1 Å². The van der Waals surface area contributed by atoms with Crippen LogP contribution in [0.4, 0.5) is 0 Å². The molecule has 3 aromatic rings. The number of allylic oxidation sites excluding steroid dienone is 1. The number of H-pyrrole nitrogens is 2. The molecule has 5 N–H and O–H groups in total. The number of benzene rings is 1. The molecule has 180 valence electrons. The number of aromatic hydroxyl groups is 1. The van der Waals surface area contributed by atoms with Gasteiger partial charge in [0.25, 0.3) is 5.91 Å². The standard InChI is InChI=1S/C26H31ClN4O3/c1-15-22(25(33)28-13-17(32)14-31-10-3-2-4-11-31)18-6-5-7-19(24(18)29-15)23-20-12-16(27)8-9-21(20)30-26(23)34/h7-9,12,17,29-30,32,34H,2-6,10-11,13-14H2,1H3,(H,28,33). The number of aryl methyl sites for hydroxylation is 1. The largest absolute Gasteiger partial charge is 0.494 e. The number of nitrogens with zero attached hydrogens (tertiary/aromatic N) is 1. The lowest BCUT2D eigenvalue weighted by atomic mass is 9.89. The average molecular weight is 483 g/mol. The van der Waals surface area contributed by atoms with Gasteiger partial charge in [-0.25, -0.2) is 0 Å². The van der Waals surface area contributed by atoms with Crippen LogP contribution >= 0.6 is 11.6 Å². The molecule has 1 saturated heterocycles. The summed E-state index contributed by atoms with van der Waals surface area (Å²) in [5.74, 6) is -0.101. The molecule has 0 radical (unpaired) electrons. The highest BCUT2D eigenvalue weighted by molar-refractivity contribution is 6.31. The van der Waals surface area contributed by atoms with E-state index in [9.17, 15) is 15.0 Å². The van der Waals surface area contributed by atoms with E-state index in [0.717, 1.165) is 59.4 Å². The zero-order valence-corrected chi connectivity index (χ0v) is 20.1. The van der Waals surface area contributed by atoms with Crippen molar-refractivity contribution in [3.05, 3.63) is 57.4 Å². The Bertz CT molecular complexity index is 1250. The van der Waals surface area contributed by atoms with Crippen molar-refractivity contribution in [3.8, 4) is 5.88 Å². The summed E-state index contributed by atoms with van der Waals surface area (Å²) >= 11 is 6.23. The highest BCUT2D eigenvalue weighted by Crippen LogP contribution is 2.41. The van der Waals surface area contributed by atoms with E-state index in [4.69, 9.17) is 11.6 Å². The van der Waals surface area contributed by atoms with Gasteiger partial charge in [0.1, 0.15) is 0 Å². The molecule has 8 heteroatoms. The summed E-state index contributed by atoms with van der Waals surface area (Å²) in [6.45, 7) is 4.72. The number of aliphatic hydroxyl groups is 1. The molecule has 0 saturated carbocycles. The first kappa shape index (κ1) is 23.0. The van der Waals surface area contributed by atoms with E-state index >= 15 is 0 Å². The second-order valence-corrected chi connectivity index (χ2v) is 9.84. The predicted octanol–water partition coefficient (Wildman–Crippen LogP) is 4.12. The van der Waals surface area contributed by atoms with Crippen molar-refractivity contribution in [1.29, 1.82) is 0 Å². The Labute approximate surface area is 203 Å². The van der Waals surface area contributed by atoms with Crippen LogP contribution in [0.1, 0.15) is 58.6 Å². The molecule has 0 spiro atoms. The van der Waals surface area contributed by atoms with E-state index in [1.54, 1.807) is 6.07 Å². The van der Waals surface area contributed by atoms with E-state index < -0.39 is 6.10 Å². The van der Waals surface area contributed by atoms with Gasteiger partial charge < -0.3 is 30.4 Å². The van der Waals surface area contributed by atoms with Crippen LogP contribution in [0.25, 0.3) is 16.5 Å². The monoisotopic (exact) mass is 482 g/mol. The quantitative estimate of drug-likeness (QED) is 0.364. The number of fused-ring (bicyclic) bond motifs is 2. The predicted molar refractivity (Wildman–Crippen MR) is 135 cm³/mol. The number of amides is 1. The number of carbonyl (C=O) groups excluding carboxylic acids is 1. The average Bonchev–Trinajstić information content (AvgIpc) is 3.33.